The van der Waals surface area contributed by atoms with Crippen LogP contribution < -0.4 is 4.74 Å². The quantitative estimate of drug-likeness (QED) is 0.485. The molecule has 0 fully saturated rings. The Morgan fingerprint density at radius 3 is 2.16 bits per heavy atom. The number of alkyl halides is 5. The second-order valence-corrected chi connectivity index (χ2v) is 3.46. The van der Waals surface area contributed by atoms with Crippen LogP contribution in [0, 0.1) is 0 Å². The summed E-state index contributed by atoms with van der Waals surface area (Å²) < 4.78 is 66.8. The molecule has 0 atom stereocenters. The molecule has 0 N–H and O–H groups in total. The summed E-state index contributed by atoms with van der Waals surface area (Å²) in [7, 11) is 2.37. The standard InChI is InChI=1S/C9H8F5N2O3/c1-15-5(3-4-6(15)19-2)7(17)16(18)9(13,14)8(10,11)12/h3-4H,1-2H3. The Balaban J connectivity index is 3.10. The normalized spacial score (nSPS) is 12.4. The maximum atomic E-state index is 12.7. The van der Waals surface area contributed by atoms with Gasteiger partial charge in [0.15, 0.2) is 5.88 Å². The van der Waals surface area contributed by atoms with Crippen LogP contribution in [-0.2, 0) is 12.3 Å². The van der Waals surface area contributed by atoms with E-state index >= 15 is 0 Å². The summed E-state index contributed by atoms with van der Waals surface area (Å²) in [6, 6.07) is -3.76. The van der Waals surface area contributed by atoms with Gasteiger partial charge in [0.2, 0.25) is 0 Å². The lowest BCUT2D eigenvalue weighted by molar-refractivity contribution is -0.397. The number of halogens is 5. The van der Waals surface area contributed by atoms with Crippen molar-refractivity contribution in [3.63, 3.8) is 0 Å². The molecule has 5 nitrogen and oxygen atoms in total. The van der Waals surface area contributed by atoms with Gasteiger partial charge in [0.05, 0.1) is 7.11 Å². The van der Waals surface area contributed by atoms with E-state index in [9.17, 15) is 32.0 Å². The van der Waals surface area contributed by atoms with Gasteiger partial charge in [0.25, 0.3) is 0 Å². The number of aromatic nitrogens is 1. The number of hydrogen-bond acceptors (Lipinski definition) is 2. The highest BCUT2D eigenvalue weighted by atomic mass is 19.4. The van der Waals surface area contributed by atoms with Crippen LogP contribution in [0.25, 0.3) is 0 Å². The summed E-state index contributed by atoms with van der Waals surface area (Å²) in [5, 5.41) is 9.00. The Morgan fingerprint density at radius 1 is 1.26 bits per heavy atom. The van der Waals surface area contributed by atoms with Crippen molar-refractivity contribution in [3.8, 4) is 5.88 Å². The summed E-state index contributed by atoms with van der Waals surface area (Å²) in [5.74, 6) is -2.00. The summed E-state index contributed by atoms with van der Waals surface area (Å²) in [6.07, 6.45) is -6.15. The Bertz CT molecular complexity index is 483. The zero-order chi connectivity index (χ0) is 15.0. The first-order valence-corrected chi connectivity index (χ1v) is 4.70. The molecule has 0 saturated heterocycles. The topological polar surface area (TPSA) is 54.4 Å². The van der Waals surface area contributed by atoms with Crippen molar-refractivity contribution < 1.29 is 36.7 Å². The Labute approximate surface area is 103 Å². The minimum Gasteiger partial charge on any atom is -0.482 e. The molecule has 1 amide bonds. The van der Waals surface area contributed by atoms with Crippen molar-refractivity contribution in [2.75, 3.05) is 7.11 Å². The van der Waals surface area contributed by atoms with Crippen molar-refractivity contribution in [1.29, 1.82) is 0 Å². The molecule has 1 aromatic rings. The lowest BCUT2D eigenvalue weighted by Gasteiger charge is -2.24. The number of hydroxylamine groups is 2. The van der Waals surface area contributed by atoms with E-state index in [2.05, 4.69) is 4.74 Å². The number of methoxy groups -OCH3 is 1. The number of rotatable bonds is 3. The van der Waals surface area contributed by atoms with Crippen LogP contribution in [0.4, 0.5) is 22.0 Å². The van der Waals surface area contributed by atoms with Crippen molar-refractivity contribution in [2.45, 2.75) is 12.2 Å². The third kappa shape index (κ3) is 2.48. The number of nitrogens with zero attached hydrogens (tertiary/aromatic N) is 2. The van der Waals surface area contributed by atoms with E-state index in [1.54, 1.807) is 0 Å². The van der Waals surface area contributed by atoms with E-state index in [1.165, 1.54) is 14.2 Å². The van der Waals surface area contributed by atoms with Gasteiger partial charge in [-0.1, -0.05) is 5.21 Å². The largest absolute Gasteiger partial charge is 0.482 e. The predicted octanol–water partition coefficient (Wildman–Crippen LogP) is 1.98. The van der Waals surface area contributed by atoms with E-state index in [0.717, 1.165) is 16.7 Å². The lowest BCUT2D eigenvalue weighted by atomic mass is 10.3. The van der Waals surface area contributed by atoms with Crippen molar-refractivity contribution in [3.05, 3.63) is 17.8 Å². The second kappa shape index (κ2) is 4.68. The highest BCUT2D eigenvalue weighted by Gasteiger charge is 2.65. The molecule has 0 bridgehead atoms. The first-order valence-electron chi connectivity index (χ1n) is 4.70. The van der Waals surface area contributed by atoms with E-state index < -0.39 is 28.9 Å². The molecule has 1 radical (unpaired) electrons. The molecule has 10 heteroatoms. The number of carbonyl (C=O) groups is 1. The van der Waals surface area contributed by atoms with Crippen LogP contribution in [0.5, 0.6) is 5.88 Å². The van der Waals surface area contributed by atoms with Crippen LogP contribution in [0.3, 0.4) is 0 Å². The highest BCUT2D eigenvalue weighted by molar-refractivity contribution is 5.92. The third-order valence-corrected chi connectivity index (χ3v) is 2.28. The molecule has 107 valence electrons. The highest BCUT2D eigenvalue weighted by Crippen LogP contribution is 2.38. The molecule has 1 heterocycles. The van der Waals surface area contributed by atoms with Gasteiger partial charge in [-0.2, -0.15) is 22.0 Å². The zero-order valence-electron chi connectivity index (χ0n) is 9.66. The lowest BCUT2D eigenvalue weighted by Crippen LogP contribution is -2.52. The first kappa shape index (κ1) is 15.2. The molecule has 0 unspecified atom stereocenters. The van der Waals surface area contributed by atoms with Gasteiger partial charge >= 0.3 is 18.1 Å². The summed E-state index contributed by atoms with van der Waals surface area (Å²) in [5.41, 5.74) is -0.657. The monoisotopic (exact) mass is 287 g/mol. The van der Waals surface area contributed by atoms with E-state index in [-0.39, 0.29) is 5.88 Å². The van der Waals surface area contributed by atoms with Crippen LogP contribution in [0.15, 0.2) is 12.1 Å². The van der Waals surface area contributed by atoms with Crippen molar-refractivity contribution in [1.82, 2.24) is 9.63 Å². The summed E-state index contributed by atoms with van der Waals surface area (Å²) >= 11 is 0. The van der Waals surface area contributed by atoms with E-state index in [4.69, 9.17) is 0 Å². The molecular formula is C9H8F5N2O3. The van der Waals surface area contributed by atoms with Gasteiger partial charge in [0, 0.05) is 13.1 Å². The second-order valence-electron chi connectivity index (χ2n) is 3.46. The molecule has 19 heavy (non-hydrogen) atoms. The minimum absolute atomic E-state index is 0.0204. The fourth-order valence-corrected chi connectivity index (χ4v) is 1.26. The average Bonchev–Trinajstić information content (AvgIpc) is 2.66. The Hall–Kier alpha value is -1.84. The Morgan fingerprint density at radius 2 is 1.79 bits per heavy atom. The van der Waals surface area contributed by atoms with E-state index in [0.29, 0.717) is 0 Å². The Kier molecular flexibility index (Phi) is 3.75. The van der Waals surface area contributed by atoms with Gasteiger partial charge in [-0.25, -0.2) is 0 Å². The molecule has 0 aliphatic carbocycles. The third-order valence-electron chi connectivity index (χ3n) is 2.28. The fourth-order valence-electron chi connectivity index (χ4n) is 1.26. The van der Waals surface area contributed by atoms with Crippen LogP contribution in [-0.4, -0.2) is 34.9 Å². The number of amides is 1. The molecule has 0 saturated carbocycles. The number of ether oxygens (including phenoxy) is 1. The molecule has 0 spiro atoms. The molecule has 0 aromatic carbocycles. The van der Waals surface area contributed by atoms with Gasteiger partial charge in [0.1, 0.15) is 5.69 Å². The number of hydrogen-bond donors (Lipinski definition) is 0. The predicted molar refractivity (Wildman–Crippen MR) is 49.8 cm³/mol. The molecule has 0 aliphatic rings. The molecule has 1 aromatic heterocycles. The number of carbonyl (C=O) groups excluding carboxylic acids is 1. The van der Waals surface area contributed by atoms with Crippen molar-refractivity contribution >= 4 is 5.91 Å². The minimum atomic E-state index is -6.15. The molecule has 0 aliphatic heterocycles. The maximum Gasteiger partial charge on any atom is 0.478 e. The van der Waals surface area contributed by atoms with Crippen LogP contribution in [0.1, 0.15) is 10.5 Å². The first-order chi connectivity index (χ1) is 8.54. The molecular weight excluding hydrogens is 279 g/mol. The van der Waals surface area contributed by atoms with Crippen LogP contribution in [0.2, 0.25) is 0 Å². The fraction of sp³-hybridized carbons (Fsp3) is 0.444. The van der Waals surface area contributed by atoms with Gasteiger partial charge in [-0.3, -0.25) is 4.79 Å². The summed E-state index contributed by atoms with van der Waals surface area (Å²) in [6.45, 7) is 0. The van der Waals surface area contributed by atoms with Crippen molar-refractivity contribution in [2.24, 2.45) is 7.05 Å². The zero-order valence-corrected chi connectivity index (χ0v) is 9.66. The smallest absolute Gasteiger partial charge is 0.478 e. The molecule has 1 rings (SSSR count). The summed E-state index contributed by atoms with van der Waals surface area (Å²) in [4.78, 5) is 11.3. The van der Waals surface area contributed by atoms with Gasteiger partial charge in [-0.15, -0.1) is 5.06 Å². The van der Waals surface area contributed by atoms with E-state index in [1.807, 2.05) is 0 Å². The SMILES string of the molecule is COc1ccc(C(=O)N([O])C(F)(F)C(F)(F)F)n1C. The van der Waals surface area contributed by atoms with Crippen LogP contribution >= 0.6 is 0 Å². The van der Waals surface area contributed by atoms with Gasteiger partial charge in [-0.05, 0) is 6.07 Å². The van der Waals surface area contributed by atoms with Gasteiger partial charge < -0.3 is 9.30 Å². The average molecular weight is 287 g/mol. The maximum absolute atomic E-state index is 12.7.